The van der Waals surface area contributed by atoms with E-state index >= 15 is 0 Å². The molecule has 4 atom stereocenters. The third-order valence-electron chi connectivity index (χ3n) is 6.08. The van der Waals surface area contributed by atoms with Crippen molar-refractivity contribution in [2.45, 2.75) is 58.5 Å². The molecule has 2 rings (SSSR count). The standard InChI is InChI=1S/C15H28N2O2/c1-14(2)10-5-7-15(14,3)12(9-10)17-13(18)11(16)6-8-19-4/h10-12H,5-9,16H2,1-4H3,(H,17,18). The lowest BCUT2D eigenvalue weighted by Crippen LogP contribution is -2.51. The fourth-order valence-electron chi connectivity index (χ4n) is 4.08. The number of fused-ring (bicyclic) bond motifs is 2. The van der Waals surface area contributed by atoms with E-state index in [9.17, 15) is 4.79 Å². The number of hydrogen-bond donors (Lipinski definition) is 2. The van der Waals surface area contributed by atoms with Crippen LogP contribution in [0, 0.1) is 16.7 Å². The molecule has 4 unspecified atom stereocenters. The number of carbonyl (C=O) groups is 1. The van der Waals surface area contributed by atoms with Crippen LogP contribution in [0.4, 0.5) is 0 Å². The van der Waals surface area contributed by atoms with E-state index in [4.69, 9.17) is 10.5 Å². The molecule has 0 radical (unpaired) electrons. The van der Waals surface area contributed by atoms with Crippen molar-refractivity contribution >= 4 is 5.91 Å². The molecule has 19 heavy (non-hydrogen) atoms. The minimum Gasteiger partial charge on any atom is -0.385 e. The van der Waals surface area contributed by atoms with Crippen molar-refractivity contribution in [1.29, 1.82) is 0 Å². The SMILES string of the molecule is COCCC(N)C(=O)NC1CC2CCC1(C)C2(C)C. The molecule has 0 saturated heterocycles. The molecule has 3 N–H and O–H groups in total. The number of carbonyl (C=O) groups excluding carboxylic acids is 1. The minimum atomic E-state index is -0.453. The Morgan fingerprint density at radius 1 is 1.47 bits per heavy atom. The zero-order chi connectivity index (χ0) is 14.3. The first kappa shape index (κ1) is 14.8. The summed E-state index contributed by atoms with van der Waals surface area (Å²) in [6.07, 6.45) is 4.19. The zero-order valence-electron chi connectivity index (χ0n) is 12.7. The minimum absolute atomic E-state index is 0.0216. The van der Waals surface area contributed by atoms with E-state index in [1.165, 1.54) is 12.8 Å². The summed E-state index contributed by atoms with van der Waals surface area (Å²) in [6, 6.07) is -0.173. The molecule has 2 fully saturated rings. The fraction of sp³-hybridized carbons (Fsp3) is 0.933. The first-order chi connectivity index (χ1) is 8.83. The molecule has 2 aliphatic carbocycles. The summed E-state index contributed by atoms with van der Waals surface area (Å²) in [5.74, 6) is 0.713. The van der Waals surface area contributed by atoms with Crippen molar-refractivity contribution in [3.8, 4) is 0 Å². The first-order valence-electron chi connectivity index (χ1n) is 7.38. The molecule has 0 aromatic rings. The van der Waals surface area contributed by atoms with E-state index in [0.29, 0.717) is 18.4 Å². The van der Waals surface area contributed by atoms with E-state index in [-0.39, 0.29) is 17.4 Å². The monoisotopic (exact) mass is 268 g/mol. The van der Waals surface area contributed by atoms with E-state index in [1.54, 1.807) is 7.11 Å². The molecule has 0 spiro atoms. The number of rotatable bonds is 5. The molecule has 4 nitrogen and oxygen atoms in total. The second kappa shape index (κ2) is 5.06. The number of nitrogens with two attached hydrogens (primary N) is 1. The van der Waals surface area contributed by atoms with Gasteiger partial charge in [-0.15, -0.1) is 0 Å². The first-order valence-corrected chi connectivity index (χ1v) is 7.38. The largest absolute Gasteiger partial charge is 0.385 e. The number of amides is 1. The maximum absolute atomic E-state index is 12.1. The smallest absolute Gasteiger partial charge is 0.237 e. The Morgan fingerprint density at radius 3 is 2.63 bits per heavy atom. The molecule has 1 amide bonds. The van der Waals surface area contributed by atoms with Gasteiger partial charge >= 0.3 is 0 Å². The van der Waals surface area contributed by atoms with Crippen molar-refractivity contribution in [2.24, 2.45) is 22.5 Å². The van der Waals surface area contributed by atoms with Gasteiger partial charge in [0.15, 0.2) is 0 Å². The Morgan fingerprint density at radius 2 is 2.16 bits per heavy atom. The summed E-state index contributed by atoms with van der Waals surface area (Å²) in [6.45, 7) is 7.56. The number of hydrogen-bond acceptors (Lipinski definition) is 3. The van der Waals surface area contributed by atoms with Gasteiger partial charge in [-0.25, -0.2) is 0 Å². The van der Waals surface area contributed by atoms with E-state index < -0.39 is 6.04 Å². The van der Waals surface area contributed by atoms with Crippen LogP contribution in [0.2, 0.25) is 0 Å². The Hall–Kier alpha value is -0.610. The molecule has 0 aromatic heterocycles. The maximum atomic E-state index is 12.1. The molecule has 0 heterocycles. The Balaban J connectivity index is 1.96. The van der Waals surface area contributed by atoms with Crippen LogP contribution in [0.25, 0.3) is 0 Å². The number of nitrogens with one attached hydrogen (secondary N) is 1. The summed E-state index contributed by atoms with van der Waals surface area (Å²) < 4.78 is 4.97. The molecular formula is C15H28N2O2. The normalized spacial score (nSPS) is 37.3. The van der Waals surface area contributed by atoms with Gasteiger partial charge in [-0.3, -0.25) is 4.79 Å². The molecular weight excluding hydrogens is 240 g/mol. The van der Waals surface area contributed by atoms with Crippen molar-refractivity contribution < 1.29 is 9.53 Å². The molecule has 0 aliphatic heterocycles. The highest BCUT2D eigenvalue weighted by Gasteiger charge is 2.61. The Kier molecular flexibility index (Phi) is 3.94. The highest BCUT2D eigenvalue weighted by Crippen LogP contribution is 2.65. The molecule has 0 aromatic carbocycles. The van der Waals surface area contributed by atoms with Crippen molar-refractivity contribution in [1.82, 2.24) is 5.32 Å². The third kappa shape index (κ3) is 2.29. The lowest BCUT2D eigenvalue weighted by molar-refractivity contribution is -0.124. The van der Waals surface area contributed by atoms with Crippen LogP contribution in [-0.2, 0) is 9.53 Å². The van der Waals surface area contributed by atoms with Crippen LogP contribution < -0.4 is 11.1 Å². The van der Waals surface area contributed by atoms with Gasteiger partial charge in [0, 0.05) is 19.8 Å². The van der Waals surface area contributed by atoms with Gasteiger partial charge in [0.1, 0.15) is 0 Å². The van der Waals surface area contributed by atoms with Gasteiger partial charge in [-0.05, 0) is 42.4 Å². The second-order valence-electron chi connectivity index (χ2n) is 7.06. The fourth-order valence-corrected chi connectivity index (χ4v) is 4.08. The average molecular weight is 268 g/mol. The van der Waals surface area contributed by atoms with Gasteiger partial charge in [0.25, 0.3) is 0 Å². The molecule has 2 saturated carbocycles. The van der Waals surface area contributed by atoms with Crippen LogP contribution in [0.1, 0.15) is 46.5 Å². The quantitative estimate of drug-likeness (QED) is 0.797. The Labute approximate surface area is 116 Å². The summed E-state index contributed by atoms with van der Waals surface area (Å²) in [4.78, 5) is 12.1. The van der Waals surface area contributed by atoms with Crippen LogP contribution in [0.3, 0.4) is 0 Å². The van der Waals surface area contributed by atoms with Gasteiger partial charge < -0.3 is 15.8 Å². The lowest BCUT2D eigenvalue weighted by Gasteiger charge is -2.39. The van der Waals surface area contributed by atoms with Gasteiger partial charge in [-0.2, -0.15) is 0 Å². The number of ether oxygens (including phenoxy) is 1. The van der Waals surface area contributed by atoms with Crippen molar-refractivity contribution in [3.63, 3.8) is 0 Å². The van der Waals surface area contributed by atoms with Crippen LogP contribution in [0.15, 0.2) is 0 Å². The van der Waals surface area contributed by atoms with Crippen LogP contribution in [0.5, 0.6) is 0 Å². The molecule has 2 bridgehead atoms. The predicted octanol–water partition coefficient (Wildman–Crippen LogP) is 1.68. The van der Waals surface area contributed by atoms with Crippen molar-refractivity contribution in [3.05, 3.63) is 0 Å². The van der Waals surface area contributed by atoms with Gasteiger partial charge in [0.2, 0.25) is 5.91 Å². The third-order valence-corrected chi connectivity index (χ3v) is 6.08. The van der Waals surface area contributed by atoms with E-state index in [2.05, 4.69) is 26.1 Å². The maximum Gasteiger partial charge on any atom is 0.237 e. The topological polar surface area (TPSA) is 64.3 Å². The van der Waals surface area contributed by atoms with Gasteiger partial charge in [-0.1, -0.05) is 20.8 Å². The highest BCUT2D eigenvalue weighted by atomic mass is 16.5. The number of methoxy groups -OCH3 is 1. The summed E-state index contributed by atoms with van der Waals surface area (Å²) in [5, 5.41) is 3.20. The lowest BCUT2D eigenvalue weighted by atomic mass is 9.69. The van der Waals surface area contributed by atoms with Crippen LogP contribution >= 0.6 is 0 Å². The summed E-state index contributed by atoms with van der Waals surface area (Å²) in [5.41, 5.74) is 6.44. The molecule has 4 heteroatoms. The molecule has 2 aliphatic rings. The highest BCUT2D eigenvalue weighted by molar-refractivity contribution is 5.81. The van der Waals surface area contributed by atoms with Crippen LogP contribution in [-0.4, -0.2) is 31.7 Å². The van der Waals surface area contributed by atoms with Crippen molar-refractivity contribution in [2.75, 3.05) is 13.7 Å². The summed E-state index contributed by atoms with van der Waals surface area (Å²) >= 11 is 0. The predicted molar refractivity (Wildman–Crippen MR) is 75.6 cm³/mol. The van der Waals surface area contributed by atoms with Gasteiger partial charge in [0.05, 0.1) is 6.04 Å². The Bertz CT molecular complexity index is 356. The average Bonchev–Trinajstić information content (AvgIpc) is 2.68. The second-order valence-corrected chi connectivity index (χ2v) is 7.06. The zero-order valence-corrected chi connectivity index (χ0v) is 12.7. The van der Waals surface area contributed by atoms with E-state index in [0.717, 1.165) is 12.3 Å². The van der Waals surface area contributed by atoms with E-state index in [1.807, 2.05) is 0 Å². The molecule has 110 valence electrons. The summed E-state index contributed by atoms with van der Waals surface area (Å²) in [7, 11) is 1.63.